The fraction of sp³-hybridized carbons (Fsp3) is 0.889. The first kappa shape index (κ1) is 11.4. The van der Waals surface area contributed by atoms with Gasteiger partial charge in [-0.05, 0) is 25.9 Å². The Morgan fingerprint density at radius 2 is 1.75 bits per heavy atom. The van der Waals surface area contributed by atoms with Crippen molar-refractivity contribution in [2.45, 2.75) is 26.7 Å². The first-order chi connectivity index (χ1) is 5.85. The van der Waals surface area contributed by atoms with Crippen molar-refractivity contribution < 1.29 is 0 Å². The van der Waals surface area contributed by atoms with Gasteiger partial charge in [-0.1, -0.05) is 13.8 Å². The number of nitrogens with zero attached hydrogens (tertiary/aromatic N) is 2. The summed E-state index contributed by atoms with van der Waals surface area (Å²) in [6.45, 7) is 8.62. The van der Waals surface area contributed by atoms with E-state index >= 15 is 0 Å². The van der Waals surface area contributed by atoms with E-state index < -0.39 is 0 Å². The van der Waals surface area contributed by atoms with Crippen LogP contribution in [0, 0.1) is 0 Å². The van der Waals surface area contributed by atoms with Crippen molar-refractivity contribution in [3.05, 3.63) is 0 Å². The van der Waals surface area contributed by atoms with Gasteiger partial charge in [-0.3, -0.25) is 4.99 Å². The van der Waals surface area contributed by atoms with Crippen molar-refractivity contribution >= 4 is 6.34 Å². The van der Waals surface area contributed by atoms with Crippen LogP contribution in [0.15, 0.2) is 4.99 Å². The molecule has 0 fully saturated rings. The highest BCUT2D eigenvalue weighted by atomic mass is 15.1. The minimum Gasteiger partial charge on any atom is -0.390 e. The Bertz CT molecular complexity index is 106. The lowest BCUT2D eigenvalue weighted by Crippen LogP contribution is -2.28. The minimum atomic E-state index is 0.830. The average molecular weight is 171 g/mol. The van der Waals surface area contributed by atoms with Crippen LogP contribution in [0.25, 0.3) is 0 Å². The summed E-state index contributed by atoms with van der Waals surface area (Å²) < 4.78 is 0. The molecule has 0 aliphatic carbocycles. The van der Waals surface area contributed by atoms with Crippen LogP contribution in [-0.4, -0.2) is 37.4 Å². The van der Waals surface area contributed by atoms with Gasteiger partial charge >= 0.3 is 0 Å². The maximum absolute atomic E-state index is 5.15. The van der Waals surface area contributed by atoms with Crippen LogP contribution < -0.4 is 5.73 Å². The summed E-state index contributed by atoms with van der Waals surface area (Å²) in [4.78, 5) is 6.41. The SMILES string of the molecule is CCCN(CCC)CCN=CN. The van der Waals surface area contributed by atoms with Gasteiger partial charge in [-0.25, -0.2) is 0 Å². The second-order valence-corrected chi connectivity index (χ2v) is 2.90. The van der Waals surface area contributed by atoms with Gasteiger partial charge in [-0.15, -0.1) is 0 Å². The molecule has 0 amide bonds. The first-order valence-electron chi connectivity index (χ1n) is 4.77. The summed E-state index contributed by atoms with van der Waals surface area (Å²) in [7, 11) is 0. The van der Waals surface area contributed by atoms with E-state index in [1.165, 1.54) is 32.3 Å². The van der Waals surface area contributed by atoms with Crippen molar-refractivity contribution in [3.8, 4) is 0 Å². The summed E-state index contributed by atoms with van der Waals surface area (Å²) >= 11 is 0. The van der Waals surface area contributed by atoms with E-state index in [4.69, 9.17) is 5.73 Å². The van der Waals surface area contributed by atoms with Gasteiger partial charge in [-0.2, -0.15) is 0 Å². The van der Waals surface area contributed by atoms with Crippen LogP contribution in [0.2, 0.25) is 0 Å². The maximum atomic E-state index is 5.15. The summed E-state index contributed by atoms with van der Waals surface area (Å²) in [6, 6.07) is 0. The standard InChI is InChI=1S/C9H21N3/c1-3-6-12(7-4-2)8-5-11-9-10/h9H,3-8H2,1-2H3,(H2,10,11). The zero-order chi connectivity index (χ0) is 9.23. The molecule has 0 heterocycles. The van der Waals surface area contributed by atoms with Crippen LogP contribution in [0.4, 0.5) is 0 Å². The number of hydrogen-bond acceptors (Lipinski definition) is 2. The van der Waals surface area contributed by atoms with E-state index in [2.05, 4.69) is 23.7 Å². The minimum absolute atomic E-state index is 0.830. The summed E-state index contributed by atoms with van der Waals surface area (Å²) in [5.74, 6) is 0. The molecular formula is C9H21N3. The molecule has 0 aromatic carbocycles. The van der Waals surface area contributed by atoms with Gasteiger partial charge in [0.1, 0.15) is 0 Å². The molecule has 3 heteroatoms. The Morgan fingerprint density at radius 3 is 2.17 bits per heavy atom. The molecule has 0 aliphatic heterocycles. The highest BCUT2D eigenvalue weighted by molar-refractivity contribution is 5.50. The van der Waals surface area contributed by atoms with Gasteiger partial charge in [0.25, 0.3) is 0 Å². The van der Waals surface area contributed by atoms with Gasteiger partial charge in [0.2, 0.25) is 0 Å². The summed E-state index contributed by atoms with van der Waals surface area (Å²) in [6.07, 6.45) is 3.81. The smallest absolute Gasteiger partial charge is 0.0798 e. The third-order valence-electron chi connectivity index (χ3n) is 1.73. The molecule has 0 radical (unpaired) electrons. The van der Waals surface area contributed by atoms with E-state index in [1.54, 1.807) is 0 Å². The van der Waals surface area contributed by atoms with Crippen LogP contribution in [-0.2, 0) is 0 Å². The van der Waals surface area contributed by atoms with Crippen LogP contribution >= 0.6 is 0 Å². The molecule has 0 aliphatic rings. The number of rotatable bonds is 7. The molecular weight excluding hydrogens is 150 g/mol. The largest absolute Gasteiger partial charge is 0.390 e. The Balaban J connectivity index is 3.47. The van der Waals surface area contributed by atoms with E-state index in [-0.39, 0.29) is 0 Å². The Hall–Kier alpha value is -0.570. The molecule has 0 aromatic rings. The molecule has 0 spiro atoms. The van der Waals surface area contributed by atoms with Crippen molar-refractivity contribution in [3.63, 3.8) is 0 Å². The Labute approximate surface area is 75.7 Å². The topological polar surface area (TPSA) is 41.6 Å². The molecule has 0 atom stereocenters. The average Bonchev–Trinajstić information content (AvgIpc) is 2.06. The predicted octanol–water partition coefficient (Wildman–Crippen LogP) is 1.10. The zero-order valence-electron chi connectivity index (χ0n) is 8.29. The van der Waals surface area contributed by atoms with E-state index in [9.17, 15) is 0 Å². The van der Waals surface area contributed by atoms with Crippen LogP contribution in [0.1, 0.15) is 26.7 Å². The molecule has 3 nitrogen and oxygen atoms in total. The number of aliphatic imine (C=N–C) groups is 1. The van der Waals surface area contributed by atoms with Gasteiger partial charge < -0.3 is 10.6 Å². The molecule has 0 aromatic heterocycles. The fourth-order valence-electron chi connectivity index (χ4n) is 1.24. The van der Waals surface area contributed by atoms with Crippen molar-refractivity contribution in [1.29, 1.82) is 0 Å². The highest BCUT2D eigenvalue weighted by Crippen LogP contribution is 1.93. The van der Waals surface area contributed by atoms with E-state index in [0.717, 1.165) is 13.1 Å². The van der Waals surface area contributed by atoms with Gasteiger partial charge in [0.15, 0.2) is 0 Å². The molecule has 0 rings (SSSR count). The number of hydrogen-bond donors (Lipinski definition) is 1. The Kier molecular flexibility index (Phi) is 8.12. The van der Waals surface area contributed by atoms with E-state index in [0.29, 0.717) is 0 Å². The molecule has 12 heavy (non-hydrogen) atoms. The van der Waals surface area contributed by atoms with Crippen molar-refractivity contribution in [2.24, 2.45) is 10.7 Å². The molecule has 0 unspecified atom stereocenters. The first-order valence-corrected chi connectivity index (χ1v) is 4.77. The lowest BCUT2D eigenvalue weighted by atomic mass is 10.3. The molecule has 0 saturated heterocycles. The maximum Gasteiger partial charge on any atom is 0.0798 e. The fourth-order valence-corrected chi connectivity index (χ4v) is 1.24. The van der Waals surface area contributed by atoms with E-state index in [1.807, 2.05) is 0 Å². The van der Waals surface area contributed by atoms with Crippen molar-refractivity contribution in [1.82, 2.24) is 4.90 Å². The third-order valence-corrected chi connectivity index (χ3v) is 1.73. The second kappa shape index (κ2) is 8.53. The highest BCUT2D eigenvalue weighted by Gasteiger charge is 1.99. The van der Waals surface area contributed by atoms with Crippen LogP contribution in [0.5, 0.6) is 0 Å². The summed E-state index contributed by atoms with van der Waals surface area (Å²) in [5, 5.41) is 0. The van der Waals surface area contributed by atoms with Gasteiger partial charge in [0, 0.05) is 6.54 Å². The third kappa shape index (κ3) is 6.16. The summed E-state index contributed by atoms with van der Waals surface area (Å²) in [5.41, 5.74) is 5.15. The van der Waals surface area contributed by atoms with Crippen molar-refractivity contribution in [2.75, 3.05) is 26.2 Å². The molecule has 0 saturated carbocycles. The monoisotopic (exact) mass is 171 g/mol. The Morgan fingerprint density at radius 1 is 1.17 bits per heavy atom. The lowest BCUT2D eigenvalue weighted by Gasteiger charge is -2.19. The molecule has 0 bridgehead atoms. The molecule has 2 N–H and O–H groups in total. The lowest BCUT2D eigenvalue weighted by molar-refractivity contribution is 0.283. The second-order valence-electron chi connectivity index (χ2n) is 2.90. The van der Waals surface area contributed by atoms with Crippen LogP contribution in [0.3, 0.4) is 0 Å². The number of nitrogens with two attached hydrogens (primary N) is 1. The predicted molar refractivity (Wildman–Crippen MR) is 54.6 cm³/mol. The van der Waals surface area contributed by atoms with Gasteiger partial charge in [0.05, 0.1) is 12.9 Å². The normalized spacial score (nSPS) is 11.6. The molecule has 72 valence electrons. The zero-order valence-corrected chi connectivity index (χ0v) is 8.29. The quantitative estimate of drug-likeness (QED) is 0.460.